The molecule has 4 N–H and O–H groups in total. The summed E-state index contributed by atoms with van der Waals surface area (Å²) in [5.41, 5.74) is 7.64. The minimum atomic E-state index is -3.53. The van der Waals surface area contributed by atoms with Gasteiger partial charge in [-0.3, -0.25) is 9.59 Å². The van der Waals surface area contributed by atoms with E-state index in [1.807, 2.05) is 6.92 Å². The van der Waals surface area contributed by atoms with Gasteiger partial charge in [-0.25, -0.2) is 13.4 Å². The standard InChI is InChI=1S/C18H18N4O4S2/c1-11-2-4-13(5-3-11)28(25,26)7-6-16(23)22-18-21-15(10-27-18)12-8-14(17(19)24)20-9-12/h2-5,8-10,20H,6-7H2,1H3,(H2,19,24)(H,21,22,23). The average Bonchev–Trinajstić information content (AvgIpc) is 3.30. The van der Waals surface area contributed by atoms with Gasteiger partial charge in [-0.05, 0) is 25.1 Å². The van der Waals surface area contributed by atoms with E-state index in [2.05, 4.69) is 15.3 Å². The summed E-state index contributed by atoms with van der Waals surface area (Å²) in [5.74, 6) is -1.31. The van der Waals surface area contributed by atoms with E-state index >= 15 is 0 Å². The molecule has 0 spiro atoms. The number of anilines is 1. The molecule has 8 nitrogen and oxygen atoms in total. The second-order valence-electron chi connectivity index (χ2n) is 6.13. The number of sulfone groups is 1. The first-order valence-electron chi connectivity index (χ1n) is 8.28. The van der Waals surface area contributed by atoms with E-state index in [1.54, 1.807) is 29.8 Å². The van der Waals surface area contributed by atoms with E-state index in [-0.39, 0.29) is 22.8 Å². The van der Waals surface area contributed by atoms with Crippen molar-refractivity contribution in [3.05, 3.63) is 53.2 Å². The van der Waals surface area contributed by atoms with E-state index in [1.165, 1.54) is 23.5 Å². The molecule has 2 amide bonds. The molecule has 0 unspecified atom stereocenters. The monoisotopic (exact) mass is 418 g/mol. The molecule has 0 atom stereocenters. The van der Waals surface area contributed by atoms with Crippen LogP contribution in [0.2, 0.25) is 0 Å². The molecule has 3 rings (SSSR count). The van der Waals surface area contributed by atoms with Crippen molar-refractivity contribution in [2.45, 2.75) is 18.2 Å². The number of hydrogen-bond acceptors (Lipinski definition) is 6. The Morgan fingerprint density at radius 1 is 1.25 bits per heavy atom. The van der Waals surface area contributed by atoms with Crippen molar-refractivity contribution in [1.82, 2.24) is 9.97 Å². The molecular formula is C18H18N4O4S2. The molecule has 0 bridgehead atoms. The number of aromatic amines is 1. The lowest BCUT2D eigenvalue weighted by Crippen LogP contribution is -2.17. The number of nitrogens with one attached hydrogen (secondary N) is 2. The van der Waals surface area contributed by atoms with Crippen LogP contribution in [-0.2, 0) is 14.6 Å². The van der Waals surface area contributed by atoms with Gasteiger partial charge in [-0.15, -0.1) is 11.3 Å². The lowest BCUT2D eigenvalue weighted by atomic mass is 10.2. The number of amides is 2. The zero-order valence-corrected chi connectivity index (χ0v) is 16.6. The van der Waals surface area contributed by atoms with E-state index < -0.39 is 21.7 Å². The largest absolute Gasteiger partial charge is 0.364 e. The van der Waals surface area contributed by atoms with Crippen LogP contribution >= 0.6 is 11.3 Å². The maximum Gasteiger partial charge on any atom is 0.265 e. The summed E-state index contributed by atoms with van der Waals surface area (Å²) in [5, 5.41) is 4.65. The first kappa shape index (κ1) is 19.8. The van der Waals surface area contributed by atoms with Gasteiger partial charge in [0.1, 0.15) is 5.69 Å². The van der Waals surface area contributed by atoms with Crippen LogP contribution in [0.1, 0.15) is 22.5 Å². The van der Waals surface area contributed by atoms with Crippen LogP contribution in [-0.4, -0.2) is 36.0 Å². The van der Waals surface area contributed by atoms with Crippen LogP contribution in [0, 0.1) is 6.92 Å². The summed E-state index contributed by atoms with van der Waals surface area (Å²) in [6.07, 6.45) is 1.41. The molecule has 0 saturated heterocycles. The van der Waals surface area contributed by atoms with E-state index in [4.69, 9.17) is 5.73 Å². The second-order valence-corrected chi connectivity index (χ2v) is 9.10. The molecule has 10 heteroatoms. The third-order valence-electron chi connectivity index (χ3n) is 3.97. The number of carbonyl (C=O) groups is 2. The van der Waals surface area contributed by atoms with Gasteiger partial charge in [0.2, 0.25) is 5.91 Å². The summed E-state index contributed by atoms with van der Waals surface area (Å²) in [6, 6.07) is 8.07. The molecule has 2 heterocycles. The Balaban J connectivity index is 1.60. The van der Waals surface area contributed by atoms with Gasteiger partial charge in [-0.2, -0.15) is 0 Å². The van der Waals surface area contributed by atoms with E-state index in [0.717, 1.165) is 5.56 Å². The van der Waals surface area contributed by atoms with Crippen LogP contribution in [0.5, 0.6) is 0 Å². The number of carbonyl (C=O) groups excluding carboxylic acids is 2. The normalized spacial score (nSPS) is 11.3. The molecule has 0 fully saturated rings. The molecular weight excluding hydrogens is 400 g/mol. The number of aromatic nitrogens is 2. The van der Waals surface area contributed by atoms with Crippen molar-refractivity contribution in [3.8, 4) is 11.3 Å². The van der Waals surface area contributed by atoms with Crippen LogP contribution in [0.15, 0.2) is 46.8 Å². The highest BCUT2D eigenvalue weighted by Crippen LogP contribution is 2.25. The van der Waals surface area contributed by atoms with Crippen molar-refractivity contribution in [2.24, 2.45) is 5.73 Å². The summed E-state index contributed by atoms with van der Waals surface area (Å²) in [4.78, 5) is 30.5. The average molecular weight is 419 g/mol. The quantitative estimate of drug-likeness (QED) is 0.541. The second kappa shape index (κ2) is 7.95. The minimum Gasteiger partial charge on any atom is -0.364 e. The highest BCUT2D eigenvalue weighted by Gasteiger charge is 2.17. The Hall–Kier alpha value is -2.98. The van der Waals surface area contributed by atoms with E-state index in [9.17, 15) is 18.0 Å². The predicted molar refractivity (Wildman–Crippen MR) is 107 cm³/mol. The van der Waals surface area contributed by atoms with Crippen molar-refractivity contribution in [1.29, 1.82) is 0 Å². The lowest BCUT2D eigenvalue weighted by molar-refractivity contribution is -0.115. The molecule has 3 aromatic rings. The van der Waals surface area contributed by atoms with Crippen LogP contribution < -0.4 is 11.1 Å². The zero-order chi connectivity index (χ0) is 20.3. The summed E-state index contributed by atoms with van der Waals surface area (Å²) in [6.45, 7) is 1.87. The number of thiazole rings is 1. The molecule has 0 radical (unpaired) electrons. The van der Waals surface area contributed by atoms with Gasteiger partial charge in [0.15, 0.2) is 15.0 Å². The summed E-state index contributed by atoms with van der Waals surface area (Å²) < 4.78 is 24.6. The maximum absolute atomic E-state index is 12.3. The number of rotatable bonds is 7. The smallest absolute Gasteiger partial charge is 0.265 e. The van der Waals surface area contributed by atoms with Gasteiger partial charge >= 0.3 is 0 Å². The Morgan fingerprint density at radius 2 is 1.96 bits per heavy atom. The van der Waals surface area contributed by atoms with Crippen LogP contribution in [0.25, 0.3) is 11.3 Å². The SMILES string of the molecule is Cc1ccc(S(=O)(=O)CCC(=O)Nc2nc(-c3c[nH]c(C(N)=O)c3)cs2)cc1. The number of hydrogen-bond donors (Lipinski definition) is 3. The predicted octanol–water partition coefficient (Wildman–Crippen LogP) is 2.35. The fraction of sp³-hybridized carbons (Fsp3) is 0.167. The number of aryl methyl sites for hydroxylation is 1. The van der Waals surface area contributed by atoms with Crippen molar-refractivity contribution in [2.75, 3.05) is 11.1 Å². The third kappa shape index (κ3) is 4.65. The molecule has 0 saturated carbocycles. The van der Waals surface area contributed by atoms with Crippen LogP contribution in [0.4, 0.5) is 5.13 Å². The maximum atomic E-state index is 12.3. The van der Waals surface area contributed by atoms with Crippen molar-refractivity contribution in [3.63, 3.8) is 0 Å². The van der Waals surface area contributed by atoms with Gasteiger partial charge in [0.05, 0.1) is 16.3 Å². The topological polar surface area (TPSA) is 135 Å². The number of nitrogens with two attached hydrogens (primary N) is 1. The highest BCUT2D eigenvalue weighted by atomic mass is 32.2. The number of H-pyrrole nitrogens is 1. The Labute approximate surface area is 165 Å². The number of nitrogens with zero attached hydrogens (tertiary/aromatic N) is 1. The fourth-order valence-corrected chi connectivity index (χ4v) is 4.40. The van der Waals surface area contributed by atoms with Gasteiger partial charge in [0, 0.05) is 23.6 Å². The third-order valence-corrected chi connectivity index (χ3v) is 6.46. The fourth-order valence-electron chi connectivity index (χ4n) is 2.42. The summed E-state index contributed by atoms with van der Waals surface area (Å²) >= 11 is 1.20. The molecule has 2 aromatic heterocycles. The highest BCUT2D eigenvalue weighted by molar-refractivity contribution is 7.91. The molecule has 146 valence electrons. The van der Waals surface area contributed by atoms with Gasteiger partial charge in [0.25, 0.3) is 5.91 Å². The van der Waals surface area contributed by atoms with Crippen molar-refractivity contribution >= 4 is 38.1 Å². The number of benzene rings is 1. The Morgan fingerprint density at radius 3 is 2.61 bits per heavy atom. The van der Waals surface area contributed by atoms with E-state index in [0.29, 0.717) is 16.4 Å². The molecule has 0 aliphatic carbocycles. The molecule has 0 aliphatic heterocycles. The van der Waals surface area contributed by atoms with Gasteiger partial charge in [-0.1, -0.05) is 17.7 Å². The summed E-state index contributed by atoms with van der Waals surface area (Å²) in [7, 11) is -3.53. The first-order chi connectivity index (χ1) is 13.2. The molecule has 0 aliphatic rings. The first-order valence-corrected chi connectivity index (χ1v) is 10.8. The lowest BCUT2D eigenvalue weighted by Gasteiger charge is -2.05. The molecule has 1 aromatic carbocycles. The van der Waals surface area contributed by atoms with Gasteiger partial charge < -0.3 is 16.0 Å². The number of primary amides is 1. The zero-order valence-electron chi connectivity index (χ0n) is 14.9. The Bertz CT molecular complexity index is 1110. The minimum absolute atomic E-state index is 0.179. The Kier molecular flexibility index (Phi) is 5.61. The van der Waals surface area contributed by atoms with Crippen LogP contribution in [0.3, 0.4) is 0 Å². The van der Waals surface area contributed by atoms with Crippen molar-refractivity contribution < 1.29 is 18.0 Å². The molecule has 28 heavy (non-hydrogen) atoms.